The minimum absolute atomic E-state index is 0.0656. The molecule has 0 aliphatic carbocycles. The van der Waals surface area contributed by atoms with Crippen LogP contribution in [0, 0.1) is 5.82 Å². The topological polar surface area (TPSA) is 26.3 Å². The number of ether oxygens (including phenoxy) is 1. The lowest BCUT2D eigenvalue weighted by Gasteiger charge is -2.10. The Hall–Kier alpha value is -1.52. The molecule has 1 aromatic rings. The molecular formula is C11H11F3O2. The van der Waals surface area contributed by atoms with Crippen molar-refractivity contribution in [2.75, 3.05) is 0 Å². The molecule has 0 fully saturated rings. The molecule has 0 unspecified atom stereocenters. The first-order chi connectivity index (χ1) is 7.45. The summed E-state index contributed by atoms with van der Waals surface area (Å²) in [6, 6.07) is 2.05. The lowest BCUT2D eigenvalue weighted by molar-refractivity contribution is -0.0500. The maximum atomic E-state index is 13.5. The number of ketones is 1. The summed E-state index contributed by atoms with van der Waals surface area (Å²) in [5, 5.41) is 0. The first-order valence-electron chi connectivity index (χ1n) is 4.73. The highest BCUT2D eigenvalue weighted by molar-refractivity contribution is 5.96. The van der Waals surface area contributed by atoms with E-state index < -0.39 is 18.2 Å². The summed E-state index contributed by atoms with van der Waals surface area (Å²) in [6.45, 7) is -0.0780. The normalized spacial score (nSPS) is 10.6. The van der Waals surface area contributed by atoms with Crippen molar-refractivity contribution in [3.05, 3.63) is 29.1 Å². The smallest absolute Gasteiger partial charge is 0.387 e. The van der Waals surface area contributed by atoms with Crippen LogP contribution in [0.25, 0.3) is 0 Å². The van der Waals surface area contributed by atoms with Crippen molar-refractivity contribution in [3.63, 3.8) is 0 Å². The molecule has 0 aliphatic heterocycles. The molecule has 0 saturated heterocycles. The molecule has 2 nitrogen and oxygen atoms in total. The predicted molar refractivity (Wildman–Crippen MR) is 52.4 cm³/mol. The Morgan fingerprint density at radius 2 is 2.06 bits per heavy atom. The fourth-order valence-corrected chi connectivity index (χ4v) is 1.48. The number of benzene rings is 1. The van der Waals surface area contributed by atoms with Crippen molar-refractivity contribution in [3.8, 4) is 5.75 Å². The van der Waals surface area contributed by atoms with E-state index >= 15 is 0 Å². The number of Topliss-reactive ketones (excluding diaryl/α,β-unsaturated/α-hetero) is 1. The van der Waals surface area contributed by atoms with Gasteiger partial charge in [0.25, 0.3) is 0 Å². The number of carbonyl (C=O) groups is 1. The second kappa shape index (κ2) is 5.01. The van der Waals surface area contributed by atoms with Gasteiger partial charge in [-0.25, -0.2) is 4.39 Å². The summed E-state index contributed by atoms with van der Waals surface area (Å²) < 4.78 is 41.4. The minimum Gasteiger partial charge on any atom is -0.435 e. The molecule has 0 saturated carbocycles. The van der Waals surface area contributed by atoms with Gasteiger partial charge in [-0.15, -0.1) is 0 Å². The van der Waals surface area contributed by atoms with Crippen LogP contribution in [0.3, 0.4) is 0 Å². The molecule has 0 radical (unpaired) electrons. The predicted octanol–water partition coefficient (Wildman–Crippen LogP) is 3.19. The third-order valence-electron chi connectivity index (χ3n) is 2.10. The Morgan fingerprint density at radius 3 is 2.50 bits per heavy atom. The van der Waals surface area contributed by atoms with Crippen LogP contribution in [-0.4, -0.2) is 12.4 Å². The van der Waals surface area contributed by atoms with Crippen LogP contribution in [0.4, 0.5) is 13.2 Å². The lowest BCUT2D eigenvalue weighted by Crippen LogP contribution is -2.07. The van der Waals surface area contributed by atoms with Crippen LogP contribution in [0.5, 0.6) is 5.75 Å². The van der Waals surface area contributed by atoms with E-state index in [2.05, 4.69) is 4.74 Å². The van der Waals surface area contributed by atoms with Crippen LogP contribution < -0.4 is 4.74 Å². The maximum absolute atomic E-state index is 13.5. The fraction of sp³-hybridized carbons (Fsp3) is 0.364. The Kier molecular flexibility index (Phi) is 3.93. The zero-order valence-electron chi connectivity index (χ0n) is 8.89. The molecule has 1 aromatic carbocycles. The van der Waals surface area contributed by atoms with E-state index in [4.69, 9.17) is 0 Å². The lowest BCUT2D eigenvalue weighted by atomic mass is 10.0. The first-order valence-corrected chi connectivity index (χ1v) is 4.73. The Morgan fingerprint density at radius 1 is 1.44 bits per heavy atom. The van der Waals surface area contributed by atoms with E-state index in [1.807, 2.05) is 0 Å². The number of halogens is 3. The van der Waals surface area contributed by atoms with Gasteiger partial charge in [0, 0.05) is 6.07 Å². The van der Waals surface area contributed by atoms with Crippen molar-refractivity contribution in [2.45, 2.75) is 26.9 Å². The number of rotatable bonds is 4. The summed E-state index contributed by atoms with van der Waals surface area (Å²) in [5.41, 5.74) is 0.298. The average molecular weight is 232 g/mol. The zero-order chi connectivity index (χ0) is 12.3. The standard InChI is InChI=1S/C11H11F3O2/c1-3-7-4-8(16-11(13)14)5-9(12)10(7)6(2)15/h4-5,11H,3H2,1-2H3. The summed E-state index contributed by atoms with van der Waals surface area (Å²) in [5.74, 6) is -1.53. The molecule has 0 N–H and O–H groups in total. The van der Waals surface area contributed by atoms with Gasteiger partial charge in [0.15, 0.2) is 5.78 Å². The quantitative estimate of drug-likeness (QED) is 0.745. The molecule has 16 heavy (non-hydrogen) atoms. The van der Waals surface area contributed by atoms with Gasteiger partial charge in [0.2, 0.25) is 0 Å². The second-order valence-corrected chi connectivity index (χ2v) is 3.23. The molecule has 0 spiro atoms. The molecule has 0 atom stereocenters. The highest BCUT2D eigenvalue weighted by atomic mass is 19.3. The second-order valence-electron chi connectivity index (χ2n) is 3.23. The highest BCUT2D eigenvalue weighted by Gasteiger charge is 2.16. The number of aryl methyl sites for hydroxylation is 1. The molecule has 0 aliphatic rings. The summed E-state index contributed by atoms with van der Waals surface area (Å²) >= 11 is 0. The summed E-state index contributed by atoms with van der Waals surface area (Å²) in [6.07, 6.45) is 0.367. The van der Waals surface area contributed by atoms with Gasteiger partial charge in [0.05, 0.1) is 5.56 Å². The Bertz CT molecular complexity index is 402. The molecule has 0 bridgehead atoms. The van der Waals surface area contributed by atoms with Gasteiger partial charge in [-0.05, 0) is 25.0 Å². The third kappa shape index (κ3) is 2.74. The van der Waals surface area contributed by atoms with Crippen LogP contribution in [0.1, 0.15) is 29.8 Å². The van der Waals surface area contributed by atoms with Crippen molar-refractivity contribution in [1.29, 1.82) is 0 Å². The molecule has 88 valence electrons. The molecule has 1 rings (SSSR count). The van der Waals surface area contributed by atoms with Crippen LogP contribution in [-0.2, 0) is 6.42 Å². The van der Waals surface area contributed by atoms with Crippen LogP contribution >= 0.6 is 0 Å². The van der Waals surface area contributed by atoms with Crippen LogP contribution in [0.2, 0.25) is 0 Å². The molecule has 0 amide bonds. The van der Waals surface area contributed by atoms with Gasteiger partial charge >= 0.3 is 6.61 Å². The van der Waals surface area contributed by atoms with E-state index in [9.17, 15) is 18.0 Å². The van der Waals surface area contributed by atoms with Crippen LogP contribution in [0.15, 0.2) is 12.1 Å². The summed E-state index contributed by atoms with van der Waals surface area (Å²) in [4.78, 5) is 11.2. The first kappa shape index (κ1) is 12.5. The number of alkyl halides is 2. The number of carbonyl (C=O) groups excluding carboxylic acids is 1. The largest absolute Gasteiger partial charge is 0.435 e. The van der Waals surface area contributed by atoms with Gasteiger partial charge in [-0.3, -0.25) is 4.79 Å². The Labute approximate surface area is 91.0 Å². The van der Waals surface area contributed by atoms with E-state index in [0.717, 1.165) is 6.07 Å². The number of hydrogen-bond donors (Lipinski definition) is 0. The van der Waals surface area contributed by atoms with Crippen molar-refractivity contribution < 1.29 is 22.7 Å². The van der Waals surface area contributed by atoms with E-state index in [-0.39, 0.29) is 11.3 Å². The average Bonchev–Trinajstić information content (AvgIpc) is 2.14. The number of hydrogen-bond acceptors (Lipinski definition) is 2. The van der Waals surface area contributed by atoms with E-state index in [0.29, 0.717) is 12.0 Å². The minimum atomic E-state index is -3.01. The molecule has 0 heterocycles. The maximum Gasteiger partial charge on any atom is 0.387 e. The van der Waals surface area contributed by atoms with Gasteiger partial charge < -0.3 is 4.74 Å². The van der Waals surface area contributed by atoms with Crippen molar-refractivity contribution in [2.24, 2.45) is 0 Å². The van der Waals surface area contributed by atoms with E-state index in [1.54, 1.807) is 6.92 Å². The van der Waals surface area contributed by atoms with E-state index in [1.165, 1.54) is 13.0 Å². The van der Waals surface area contributed by atoms with Gasteiger partial charge in [0.1, 0.15) is 11.6 Å². The SMILES string of the molecule is CCc1cc(OC(F)F)cc(F)c1C(C)=O. The summed E-state index contributed by atoms with van der Waals surface area (Å²) in [7, 11) is 0. The molecule has 0 aromatic heterocycles. The van der Waals surface area contributed by atoms with Crippen molar-refractivity contribution >= 4 is 5.78 Å². The molecule has 5 heteroatoms. The van der Waals surface area contributed by atoms with Gasteiger partial charge in [-0.2, -0.15) is 8.78 Å². The molecular weight excluding hydrogens is 221 g/mol. The third-order valence-corrected chi connectivity index (χ3v) is 2.10. The fourth-order valence-electron chi connectivity index (χ4n) is 1.48. The van der Waals surface area contributed by atoms with Crippen molar-refractivity contribution in [1.82, 2.24) is 0 Å². The van der Waals surface area contributed by atoms with Gasteiger partial charge in [-0.1, -0.05) is 6.92 Å². The highest BCUT2D eigenvalue weighted by Crippen LogP contribution is 2.24. The Balaban J connectivity index is 3.21. The monoisotopic (exact) mass is 232 g/mol. The zero-order valence-corrected chi connectivity index (χ0v) is 8.89.